The molecular weight excluding hydrogens is 136 g/mol. The molecule has 0 heterocycles. The van der Waals surface area contributed by atoms with E-state index in [4.69, 9.17) is 11.1 Å². The predicted molar refractivity (Wildman–Crippen MR) is 47.8 cm³/mol. The Kier molecular flexibility index (Phi) is 2.45. The van der Waals surface area contributed by atoms with Crippen LogP contribution < -0.4 is 5.73 Å². The molecule has 0 spiro atoms. The highest BCUT2D eigenvalue weighted by atomic mass is 14.6. The van der Waals surface area contributed by atoms with Crippen LogP contribution in [0.2, 0.25) is 0 Å². The average Bonchev–Trinajstić information content (AvgIpc) is 1.94. The number of hydrogen-bond donors (Lipinski definition) is 2. The fraction of sp³-hybridized carbons (Fsp3) is 0.667. The number of nitrogens with one attached hydrogen (secondary N) is 1. The first-order valence-corrected chi connectivity index (χ1v) is 4.13. The van der Waals surface area contributed by atoms with Gasteiger partial charge in [0.1, 0.15) is 0 Å². The smallest absolute Gasteiger partial charge is 0.0342 e. The van der Waals surface area contributed by atoms with Gasteiger partial charge in [-0.3, -0.25) is 0 Å². The summed E-state index contributed by atoms with van der Waals surface area (Å²) < 4.78 is 0. The molecule has 0 saturated heterocycles. The Morgan fingerprint density at radius 1 is 1.73 bits per heavy atom. The molecule has 3 N–H and O–H groups in total. The van der Waals surface area contributed by atoms with Gasteiger partial charge in [0.05, 0.1) is 0 Å². The van der Waals surface area contributed by atoms with Crippen LogP contribution in [0.4, 0.5) is 0 Å². The normalized spacial score (nSPS) is 33.9. The lowest BCUT2D eigenvalue weighted by molar-refractivity contribution is 0.375. The van der Waals surface area contributed by atoms with Gasteiger partial charge in [0.2, 0.25) is 0 Å². The third-order valence-corrected chi connectivity index (χ3v) is 2.51. The standard InChI is InChI=1S/C9H16N2/c1-6-8(7(2)10)4-3-5-9(6)11/h3,5-8,11H,4,10H2,1-2H3. The van der Waals surface area contributed by atoms with Crippen LogP contribution in [0.1, 0.15) is 20.3 Å². The first-order valence-electron chi connectivity index (χ1n) is 4.13. The molecule has 0 bridgehead atoms. The first-order chi connectivity index (χ1) is 5.13. The fourth-order valence-electron chi connectivity index (χ4n) is 1.61. The predicted octanol–water partition coefficient (Wildman–Crippen LogP) is 1.57. The van der Waals surface area contributed by atoms with Gasteiger partial charge >= 0.3 is 0 Å². The first kappa shape index (κ1) is 8.47. The highest BCUT2D eigenvalue weighted by Crippen LogP contribution is 2.24. The number of allylic oxidation sites excluding steroid dienone is 2. The van der Waals surface area contributed by atoms with E-state index < -0.39 is 0 Å². The molecule has 2 heteroatoms. The van der Waals surface area contributed by atoms with E-state index in [0.717, 1.165) is 12.1 Å². The second-order valence-corrected chi connectivity index (χ2v) is 3.41. The molecule has 0 aromatic carbocycles. The molecule has 62 valence electrons. The van der Waals surface area contributed by atoms with Crippen LogP contribution in [-0.4, -0.2) is 11.8 Å². The highest BCUT2D eigenvalue weighted by molar-refractivity contribution is 5.94. The summed E-state index contributed by atoms with van der Waals surface area (Å²) in [4.78, 5) is 0. The lowest BCUT2D eigenvalue weighted by Gasteiger charge is -2.28. The molecule has 1 aliphatic rings. The Balaban J connectivity index is 2.70. The summed E-state index contributed by atoms with van der Waals surface area (Å²) in [7, 11) is 0. The van der Waals surface area contributed by atoms with Crippen LogP contribution in [-0.2, 0) is 0 Å². The topological polar surface area (TPSA) is 49.9 Å². The van der Waals surface area contributed by atoms with E-state index in [1.807, 2.05) is 13.0 Å². The Morgan fingerprint density at radius 2 is 2.36 bits per heavy atom. The Bertz CT molecular complexity index is 182. The second-order valence-electron chi connectivity index (χ2n) is 3.41. The van der Waals surface area contributed by atoms with Gasteiger partial charge in [0.15, 0.2) is 0 Å². The molecular formula is C9H16N2. The van der Waals surface area contributed by atoms with Crippen LogP contribution in [0.25, 0.3) is 0 Å². The van der Waals surface area contributed by atoms with Crippen molar-refractivity contribution in [2.75, 3.05) is 0 Å². The number of nitrogens with two attached hydrogens (primary N) is 1. The SMILES string of the molecule is CC(N)C1CC=CC(=N)C1C. The molecule has 0 saturated carbocycles. The van der Waals surface area contributed by atoms with Crippen molar-refractivity contribution in [3.05, 3.63) is 12.2 Å². The van der Waals surface area contributed by atoms with Gasteiger partial charge in [0, 0.05) is 17.7 Å². The summed E-state index contributed by atoms with van der Waals surface area (Å²) in [6.07, 6.45) is 4.97. The van der Waals surface area contributed by atoms with Crippen molar-refractivity contribution < 1.29 is 0 Å². The molecule has 2 nitrogen and oxygen atoms in total. The van der Waals surface area contributed by atoms with E-state index in [-0.39, 0.29) is 6.04 Å². The van der Waals surface area contributed by atoms with Gasteiger partial charge in [-0.1, -0.05) is 13.0 Å². The summed E-state index contributed by atoms with van der Waals surface area (Å²) in [6.45, 7) is 4.10. The van der Waals surface area contributed by atoms with Crippen molar-refractivity contribution in [1.29, 1.82) is 5.41 Å². The van der Waals surface area contributed by atoms with Crippen LogP contribution in [0.15, 0.2) is 12.2 Å². The van der Waals surface area contributed by atoms with Crippen molar-refractivity contribution >= 4 is 5.71 Å². The zero-order valence-electron chi connectivity index (χ0n) is 7.17. The largest absolute Gasteiger partial charge is 0.328 e. The average molecular weight is 152 g/mol. The van der Waals surface area contributed by atoms with Crippen molar-refractivity contribution in [3.63, 3.8) is 0 Å². The van der Waals surface area contributed by atoms with Gasteiger partial charge in [-0.25, -0.2) is 0 Å². The minimum Gasteiger partial charge on any atom is -0.328 e. The maximum absolute atomic E-state index is 7.58. The zero-order valence-corrected chi connectivity index (χ0v) is 7.17. The van der Waals surface area contributed by atoms with Gasteiger partial charge in [-0.15, -0.1) is 0 Å². The zero-order chi connectivity index (χ0) is 8.43. The molecule has 1 rings (SSSR count). The third kappa shape index (κ3) is 1.69. The Morgan fingerprint density at radius 3 is 2.82 bits per heavy atom. The highest BCUT2D eigenvalue weighted by Gasteiger charge is 2.24. The lowest BCUT2D eigenvalue weighted by atomic mass is 9.79. The van der Waals surface area contributed by atoms with Gasteiger partial charge < -0.3 is 11.1 Å². The molecule has 0 aliphatic heterocycles. The monoisotopic (exact) mass is 152 g/mol. The molecule has 11 heavy (non-hydrogen) atoms. The minimum atomic E-state index is 0.204. The fourth-order valence-corrected chi connectivity index (χ4v) is 1.61. The summed E-state index contributed by atoms with van der Waals surface area (Å²) in [6, 6.07) is 0.204. The van der Waals surface area contributed by atoms with E-state index in [1.165, 1.54) is 0 Å². The molecule has 0 aromatic rings. The third-order valence-electron chi connectivity index (χ3n) is 2.51. The van der Waals surface area contributed by atoms with Crippen molar-refractivity contribution in [2.45, 2.75) is 26.3 Å². The number of hydrogen-bond acceptors (Lipinski definition) is 2. The molecule has 0 amide bonds. The van der Waals surface area contributed by atoms with Crippen LogP contribution in [0.3, 0.4) is 0 Å². The summed E-state index contributed by atoms with van der Waals surface area (Å²) in [5, 5.41) is 7.58. The molecule has 0 fully saturated rings. The molecule has 1 aliphatic carbocycles. The lowest BCUT2D eigenvalue weighted by Crippen LogP contribution is -2.35. The van der Waals surface area contributed by atoms with Crippen LogP contribution in [0, 0.1) is 17.2 Å². The van der Waals surface area contributed by atoms with E-state index in [0.29, 0.717) is 11.8 Å². The molecule has 3 unspecified atom stereocenters. The van der Waals surface area contributed by atoms with E-state index in [1.54, 1.807) is 0 Å². The van der Waals surface area contributed by atoms with Crippen molar-refractivity contribution in [1.82, 2.24) is 0 Å². The Hall–Kier alpha value is -0.630. The van der Waals surface area contributed by atoms with E-state index in [2.05, 4.69) is 13.0 Å². The van der Waals surface area contributed by atoms with Gasteiger partial charge in [-0.05, 0) is 25.3 Å². The van der Waals surface area contributed by atoms with Crippen molar-refractivity contribution in [3.8, 4) is 0 Å². The van der Waals surface area contributed by atoms with Gasteiger partial charge in [-0.2, -0.15) is 0 Å². The maximum atomic E-state index is 7.58. The molecule has 0 aromatic heterocycles. The maximum Gasteiger partial charge on any atom is 0.0342 e. The quantitative estimate of drug-likeness (QED) is 0.588. The van der Waals surface area contributed by atoms with E-state index in [9.17, 15) is 0 Å². The van der Waals surface area contributed by atoms with Gasteiger partial charge in [0.25, 0.3) is 0 Å². The van der Waals surface area contributed by atoms with Crippen molar-refractivity contribution in [2.24, 2.45) is 17.6 Å². The molecule has 3 atom stereocenters. The van der Waals surface area contributed by atoms with E-state index >= 15 is 0 Å². The summed E-state index contributed by atoms with van der Waals surface area (Å²) in [5.41, 5.74) is 6.51. The Labute approximate surface area is 68.0 Å². The van der Waals surface area contributed by atoms with Crippen LogP contribution in [0.5, 0.6) is 0 Å². The van der Waals surface area contributed by atoms with Crippen LogP contribution >= 0.6 is 0 Å². The molecule has 0 radical (unpaired) electrons. The number of rotatable bonds is 1. The second kappa shape index (κ2) is 3.18. The summed E-state index contributed by atoms with van der Waals surface area (Å²) >= 11 is 0. The summed E-state index contributed by atoms with van der Waals surface area (Å²) in [5.74, 6) is 0.799. The minimum absolute atomic E-state index is 0.204.